The van der Waals surface area contributed by atoms with Crippen molar-refractivity contribution >= 4 is 17.7 Å². The van der Waals surface area contributed by atoms with E-state index < -0.39 is 18.2 Å². The summed E-state index contributed by atoms with van der Waals surface area (Å²) < 4.78 is 6.05. The number of hydrogen-bond acceptors (Lipinski definition) is 5. The topological polar surface area (TPSA) is 87.0 Å². The fraction of sp³-hybridized carbons (Fsp3) is 0.842. The lowest BCUT2D eigenvalue weighted by Gasteiger charge is -2.18. The third-order valence-electron chi connectivity index (χ3n) is 5.22. The number of thioether (sulfide) groups is 1. The Hall–Kier alpha value is -0.560. The predicted octanol–water partition coefficient (Wildman–Crippen LogP) is 2.85. The number of carbonyl (C=O) groups is 1. The van der Waals surface area contributed by atoms with Gasteiger partial charge in [-0.25, -0.2) is 0 Å². The van der Waals surface area contributed by atoms with Crippen LogP contribution in [0.1, 0.15) is 51.9 Å². The van der Waals surface area contributed by atoms with Gasteiger partial charge in [0.2, 0.25) is 0 Å². The van der Waals surface area contributed by atoms with Gasteiger partial charge in [-0.1, -0.05) is 38.3 Å². The van der Waals surface area contributed by atoms with Crippen molar-refractivity contribution in [3.63, 3.8) is 0 Å². The Balaban J connectivity index is 1.76. The van der Waals surface area contributed by atoms with Crippen LogP contribution in [0.25, 0.3) is 0 Å². The number of aliphatic hydroxyl groups is 2. The lowest BCUT2D eigenvalue weighted by Crippen LogP contribution is -2.20. The molecule has 1 saturated heterocycles. The van der Waals surface area contributed by atoms with Crippen LogP contribution in [0.5, 0.6) is 0 Å². The van der Waals surface area contributed by atoms with Gasteiger partial charge in [-0.2, -0.15) is 11.8 Å². The summed E-state index contributed by atoms with van der Waals surface area (Å²) >= 11 is 1.62. The zero-order valence-corrected chi connectivity index (χ0v) is 15.9. The van der Waals surface area contributed by atoms with Crippen LogP contribution in [0, 0.1) is 11.8 Å². The van der Waals surface area contributed by atoms with Crippen LogP contribution in [-0.4, -0.2) is 57.2 Å². The van der Waals surface area contributed by atoms with Crippen LogP contribution < -0.4 is 0 Å². The smallest absolute Gasteiger partial charge is 0.304 e. The van der Waals surface area contributed by atoms with Gasteiger partial charge < -0.3 is 20.1 Å². The summed E-state index contributed by atoms with van der Waals surface area (Å²) in [7, 11) is 0. The Morgan fingerprint density at radius 3 is 2.88 bits per heavy atom. The van der Waals surface area contributed by atoms with Crippen molar-refractivity contribution in [1.29, 1.82) is 0 Å². The van der Waals surface area contributed by atoms with Crippen molar-refractivity contribution in [3.8, 4) is 0 Å². The van der Waals surface area contributed by atoms with Gasteiger partial charge in [0.1, 0.15) is 0 Å². The van der Waals surface area contributed by atoms with E-state index in [1.807, 2.05) is 12.2 Å². The van der Waals surface area contributed by atoms with Crippen molar-refractivity contribution in [2.24, 2.45) is 11.8 Å². The molecule has 6 heteroatoms. The van der Waals surface area contributed by atoms with E-state index in [2.05, 4.69) is 6.92 Å². The molecule has 0 spiro atoms. The van der Waals surface area contributed by atoms with Gasteiger partial charge in [0.25, 0.3) is 0 Å². The molecule has 0 aromatic heterocycles. The highest BCUT2D eigenvalue weighted by atomic mass is 32.2. The van der Waals surface area contributed by atoms with Gasteiger partial charge in [0, 0.05) is 23.8 Å². The van der Waals surface area contributed by atoms with Crippen molar-refractivity contribution in [1.82, 2.24) is 0 Å². The monoisotopic (exact) mass is 372 g/mol. The molecule has 1 aliphatic carbocycles. The summed E-state index contributed by atoms with van der Waals surface area (Å²) in [5.41, 5.74) is 0. The quantitative estimate of drug-likeness (QED) is 0.382. The Bertz CT molecular complexity index is 442. The SMILES string of the molecule is CCCCCC(O)C=CC1C(O)CC2OC(CSCCC(=O)O)CC21. The van der Waals surface area contributed by atoms with Crippen molar-refractivity contribution < 1.29 is 24.9 Å². The highest BCUT2D eigenvalue weighted by Crippen LogP contribution is 2.44. The zero-order chi connectivity index (χ0) is 18.2. The minimum atomic E-state index is -0.762. The molecule has 1 saturated carbocycles. The number of unbranched alkanes of at least 4 members (excludes halogenated alkanes) is 2. The second kappa shape index (κ2) is 10.6. The van der Waals surface area contributed by atoms with E-state index in [1.165, 1.54) is 0 Å². The molecule has 2 rings (SSSR count). The van der Waals surface area contributed by atoms with Crippen molar-refractivity contribution in [3.05, 3.63) is 12.2 Å². The summed E-state index contributed by atoms with van der Waals surface area (Å²) in [4.78, 5) is 10.5. The number of hydrogen-bond donors (Lipinski definition) is 3. The molecular formula is C19H32O5S. The van der Waals surface area contributed by atoms with Gasteiger partial charge >= 0.3 is 5.97 Å². The average molecular weight is 373 g/mol. The van der Waals surface area contributed by atoms with E-state index in [9.17, 15) is 15.0 Å². The normalized spacial score (nSPS) is 33.0. The highest BCUT2D eigenvalue weighted by molar-refractivity contribution is 7.99. The number of rotatable bonds is 11. The Morgan fingerprint density at radius 1 is 1.36 bits per heavy atom. The first-order valence-electron chi connectivity index (χ1n) is 9.50. The number of carboxylic acids is 1. The van der Waals surface area contributed by atoms with Gasteiger partial charge in [-0.15, -0.1) is 0 Å². The maximum Gasteiger partial charge on any atom is 0.304 e. The van der Waals surface area contributed by atoms with Crippen LogP contribution in [0.3, 0.4) is 0 Å². The molecule has 0 aromatic carbocycles. The molecule has 144 valence electrons. The second-order valence-corrected chi connectivity index (χ2v) is 8.39. The Labute approximate surface area is 154 Å². The minimum absolute atomic E-state index is 0.0554. The van der Waals surface area contributed by atoms with Crippen molar-refractivity contribution in [2.75, 3.05) is 11.5 Å². The molecule has 1 aliphatic heterocycles. The summed E-state index contributed by atoms with van der Waals surface area (Å²) in [6.45, 7) is 2.15. The van der Waals surface area contributed by atoms with Crippen LogP contribution in [-0.2, 0) is 9.53 Å². The highest BCUT2D eigenvalue weighted by Gasteiger charge is 2.47. The molecule has 2 fully saturated rings. The molecule has 6 atom stereocenters. The summed E-state index contributed by atoms with van der Waals surface area (Å²) in [5, 5.41) is 29.0. The summed E-state index contributed by atoms with van der Waals surface area (Å²) in [6, 6.07) is 0. The van der Waals surface area contributed by atoms with E-state index in [-0.39, 0.29) is 24.5 Å². The first-order chi connectivity index (χ1) is 12.0. The maximum absolute atomic E-state index is 10.5. The molecule has 0 amide bonds. The number of aliphatic carboxylic acids is 1. The average Bonchev–Trinajstić information content (AvgIpc) is 3.06. The van der Waals surface area contributed by atoms with Gasteiger partial charge in [-0.05, 0) is 18.8 Å². The molecule has 6 unspecified atom stereocenters. The fourth-order valence-corrected chi connectivity index (χ4v) is 4.85. The van der Waals surface area contributed by atoms with E-state index >= 15 is 0 Å². The van der Waals surface area contributed by atoms with Gasteiger partial charge in [0.05, 0.1) is 30.8 Å². The zero-order valence-electron chi connectivity index (χ0n) is 15.0. The number of aliphatic hydroxyl groups excluding tert-OH is 2. The lowest BCUT2D eigenvalue weighted by molar-refractivity contribution is -0.136. The second-order valence-electron chi connectivity index (χ2n) is 7.24. The fourth-order valence-electron chi connectivity index (χ4n) is 3.88. The molecule has 5 nitrogen and oxygen atoms in total. The lowest BCUT2D eigenvalue weighted by atomic mass is 9.90. The van der Waals surface area contributed by atoms with Crippen LogP contribution in [0.15, 0.2) is 12.2 Å². The van der Waals surface area contributed by atoms with Gasteiger partial charge in [-0.3, -0.25) is 4.79 Å². The van der Waals surface area contributed by atoms with Crippen LogP contribution in [0.2, 0.25) is 0 Å². The summed E-state index contributed by atoms with van der Waals surface area (Å²) in [5.74, 6) is 1.02. The molecule has 2 aliphatic rings. The standard InChI is InChI=1S/C19H32O5S/c1-2-3-4-5-13(20)6-7-15-16-10-14(12-25-9-8-19(22)23)24-18(16)11-17(15)21/h6-7,13-18,20-21H,2-5,8-12H2,1H3,(H,22,23). The largest absolute Gasteiger partial charge is 0.481 e. The Morgan fingerprint density at radius 2 is 2.16 bits per heavy atom. The van der Waals surface area contributed by atoms with Crippen LogP contribution >= 0.6 is 11.8 Å². The molecule has 0 radical (unpaired) electrons. The first-order valence-corrected chi connectivity index (χ1v) is 10.7. The third-order valence-corrected chi connectivity index (χ3v) is 6.32. The maximum atomic E-state index is 10.5. The molecule has 3 N–H and O–H groups in total. The molecular weight excluding hydrogens is 340 g/mol. The Kier molecular flexibility index (Phi) is 8.76. The van der Waals surface area contributed by atoms with Crippen molar-refractivity contribution in [2.45, 2.75) is 76.3 Å². The van der Waals surface area contributed by atoms with Crippen LogP contribution in [0.4, 0.5) is 0 Å². The number of ether oxygens (including phenoxy) is 1. The first kappa shape index (κ1) is 20.7. The molecule has 0 aromatic rings. The molecule has 0 bridgehead atoms. The van der Waals surface area contributed by atoms with Gasteiger partial charge in [0.15, 0.2) is 0 Å². The molecule has 25 heavy (non-hydrogen) atoms. The third kappa shape index (κ3) is 6.59. The van der Waals surface area contributed by atoms with E-state index in [1.54, 1.807) is 11.8 Å². The van der Waals surface area contributed by atoms with E-state index in [4.69, 9.17) is 9.84 Å². The minimum Gasteiger partial charge on any atom is -0.481 e. The summed E-state index contributed by atoms with van der Waals surface area (Å²) in [6.07, 6.45) is 9.09. The van der Waals surface area contributed by atoms with E-state index in [0.717, 1.165) is 37.9 Å². The number of fused-ring (bicyclic) bond motifs is 1. The molecule has 1 heterocycles. The number of carboxylic acid groups (broad SMARTS) is 1. The predicted molar refractivity (Wildman–Crippen MR) is 99.7 cm³/mol. The van der Waals surface area contributed by atoms with E-state index in [0.29, 0.717) is 18.1 Å².